The van der Waals surface area contributed by atoms with Crippen LogP contribution in [-0.2, 0) is 23.0 Å². The third-order valence-electron chi connectivity index (χ3n) is 4.77. The maximum absolute atomic E-state index is 12.6. The van der Waals surface area contributed by atoms with Gasteiger partial charge in [-0.25, -0.2) is 0 Å². The summed E-state index contributed by atoms with van der Waals surface area (Å²) in [5.41, 5.74) is 4.44. The van der Waals surface area contributed by atoms with Gasteiger partial charge in [0.2, 0.25) is 5.78 Å². The lowest BCUT2D eigenvalue weighted by Gasteiger charge is -2.12. The largest absolute Gasteiger partial charge is 0.454 e. The second-order valence-electron chi connectivity index (χ2n) is 6.52. The normalized spacial score (nSPS) is 12.3. The number of Topliss-reactive ketones (excluding diaryl/α,β-unsaturated/α-hetero) is 1. The number of ether oxygens (including phenoxy) is 1. The van der Waals surface area contributed by atoms with Gasteiger partial charge in [-0.15, -0.1) is 0 Å². The van der Waals surface area contributed by atoms with Gasteiger partial charge in [0.25, 0.3) is 0 Å². The molecule has 0 bridgehead atoms. The summed E-state index contributed by atoms with van der Waals surface area (Å²) in [6.45, 7) is 5.52. The van der Waals surface area contributed by atoms with Crippen molar-refractivity contribution in [3.63, 3.8) is 0 Å². The van der Waals surface area contributed by atoms with Crippen LogP contribution in [-0.4, -0.2) is 32.6 Å². The molecule has 0 aliphatic rings. The average molecular weight is 353 g/mol. The number of H-pyrrole nitrogens is 1. The van der Waals surface area contributed by atoms with E-state index >= 15 is 0 Å². The highest BCUT2D eigenvalue weighted by molar-refractivity contribution is 6.10. The van der Waals surface area contributed by atoms with Crippen molar-refractivity contribution in [2.24, 2.45) is 7.05 Å². The Morgan fingerprint density at radius 3 is 2.69 bits per heavy atom. The minimum atomic E-state index is -0.821. The van der Waals surface area contributed by atoms with Gasteiger partial charge in [0, 0.05) is 41.8 Å². The Morgan fingerprint density at radius 1 is 1.27 bits per heavy atom. The Bertz CT molecular complexity index is 968. The van der Waals surface area contributed by atoms with Gasteiger partial charge in [-0.3, -0.25) is 14.3 Å². The summed E-state index contributed by atoms with van der Waals surface area (Å²) in [6.07, 6.45) is 1.62. The Balaban J connectivity index is 1.63. The first-order chi connectivity index (χ1) is 12.4. The van der Waals surface area contributed by atoms with E-state index in [4.69, 9.17) is 4.74 Å². The molecule has 0 unspecified atom stereocenters. The van der Waals surface area contributed by atoms with Crippen LogP contribution in [0.4, 0.5) is 0 Å². The molecule has 2 heterocycles. The van der Waals surface area contributed by atoms with E-state index in [9.17, 15) is 9.59 Å². The van der Waals surface area contributed by atoms with Gasteiger partial charge in [-0.1, -0.05) is 18.2 Å². The lowest BCUT2D eigenvalue weighted by Crippen LogP contribution is -2.24. The quantitative estimate of drug-likeness (QED) is 0.545. The van der Waals surface area contributed by atoms with Crippen molar-refractivity contribution in [2.45, 2.75) is 39.7 Å². The number of rotatable bonds is 6. The van der Waals surface area contributed by atoms with Crippen molar-refractivity contribution in [1.29, 1.82) is 0 Å². The van der Waals surface area contributed by atoms with Crippen LogP contribution in [0.3, 0.4) is 0 Å². The molecule has 0 fully saturated rings. The Morgan fingerprint density at radius 2 is 2.00 bits per heavy atom. The summed E-state index contributed by atoms with van der Waals surface area (Å²) in [5, 5.41) is 5.18. The summed E-state index contributed by atoms with van der Waals surface area (Å²) < 4.78 is 7.17. The van der Waals surface area contributed by atoms with Gasteiger partial charge in [0.05, 0.1) is 5.69 Å². The number of benzene rings is 1. The smallest absolute Gasteiger partial charge is 0.306 e. The van der Waals surface area contributed by atoms with E-state index in [0.29, 0.717) is 12.0 Å². The maximum atomic E-state index is 12.6. The van der Waals surface area contributed by atoms with Crippen LogP contribution >= 0.6 is 0 Å². The Labute approximate surface area is 152 Å². The number of fused-ring (bicyclic) bond motifs is 1. The number of nitrogens with zero attached hydrogens (tertiary/aromatic N) is 2. The van der Waals surface area contributed by atoms with Crippen molar-refractivity contribution in [3.05, 3.63) is 53.0 Å². The molecule has 6 nitrogen and oxygen atoms in total. The van der Waals surface area contributed by atoms with E-state index in [2.05, 4.69) is 10.1 Å². The first-order valence-corrected chi connectivity index (χ1v) is 8.67. The van der Waals surface area contributed by atoms with Crippen LogP contribution in [0.5, 0.6) is 0 Å². The number of esters is 1. The van der Waals surface area contributed by atoms with Crippen molar-refractivity contribution < 1.29 is 14.3 Å². The number of aryl methyl sites for hydroxylation is 2. The average Bonchev–Trinajstić information content (AvgIpc) is 3.14. The monoisotopic (exact) mass is 353 g/mol. The first-order valence-electron chi connectivity index (χ1n) is 8.67. The van der Waals surface area contributed by atoms with Crippen molar-refractivity contribution >= 4 is 22.7 Å². The van der Waals surface area contributed by atoms with E-state index in [-0.39, 0.29) is 18.2 Å². The molecule has 1 atom stereocenters. The first kappa shape index (κ1) is 17.9. The molecular formula is C20H23N3O3. The topological polar surface area (TPSA) is 77.0 Å². The molecule has 3 rings (SSSR count). The van der Waals surface area contributed by atoms with Gasteiger partial charge in [0.15, 0.2) is 6.10 Å². The molecule has 26 heavy (non-hydrogen) atoms. The molecule has 1 N–H and O–H groups in total. The number of aromatic nitrogens is 3. The number of hydrogen-bond acceptors (Lipinski definition) is 4. The van der Waals surface area contributed by atoms with Crippen molar-refractivity contribution in [3.8, 4) is 0 Å². The summed E-state index contributed by atoms with van der Waals surface area (Å²) in [4.78, 5) is 27.9. The fourth-order valence-corrected chi connectivity index (χ4v) is 3.21. The van der Waals surface area contributed by atoms with Gasteiger partial charge in [0.1, 0.15) is 0 Å². The van der Waals surface area contributed by atoms with Crippen LogP contribution in [0.25, 0.3) is 10.9 Å². The fraction of sp³-hybridized carbons (Fsp3) is 0.350. The van der Waals surface area contributed by atoms with Gasteiger partial charge in [-0.05, 0) is 38.8 Å². The highest BCUT2D eigenvalue weighted by atomic mass is 16.5. The number of para-hydroxylation sites is 1. The second kappa shape index (κ2) is 7.15. The minimum Gasteiger partial charge on any atom is -0.454 e. The third-order valence-corrected chi connectivity index (χ3v) is 4.77. The maximum Gasteiger partial charge on any atom is 0.306 e. The molecule has 0 spiro atoms. The number of hydrogen-bond donors (Lipinski definition) is 1. The van der Waals surface area contributed by atoms with Crippen molar-refractivity contribution in [1.82, 2.24) is 14.8 Å². The van der Waals surface area contributed by atoms with E-state index in [1.165, 1.54) is 0 Å². The molecule has 3 aromatic rings. The molecule has 0 saturated heterocycles. The molecule has 0 aliphatic carbocycles. The Kier molecular flexibility index (Phi) is 4.93. The lowest BCUT2D eigenvalue weighted by molar-refractivity contribution is -0.146. The molecule has 0 saturated carbocycles. The predicted molar refractivity (Wildman–Crippen MR) is 99.2 cm³/mol. The van der Waals surface area contributed by atoms with Gasteiger partial charge in [-0.2, -0.15) is 5.10 Å². The van der Waals surface area contributed by atoms with E-state index in [1.807, 2.05) is 45.2 Å². The number of ketones is 1. The number of nitrogens with one attached hydrogen (secondary N) is 1. The van der Waals surface area contributed by atoms with Crippen LogP contribution in [0.1, 0.15) is 40.7 Å². The van der Waals surface area contributed by atoms with Crippen molar-refractivity contribution in [2.75, 3.05) is 0 Å². The zero-order chi connectivity index (χ0) is 18.8. The minimum absolute atomic E-state index is 0.204. The van der Waals surface area contributed by atoms with Gasteiger partial charge < -0.3 is 9.72 Å². The molecule has 136 valence electrons. The summed E-state index contributed by atoms with van der Waals surface area (Å²) in [7, 11) is 1.88. The summed E-state index contributed by atoms with van der Waals surface area (Å²) >= 11 is 0. The molecule has 6 heteroatoms. The Hall–Kier alpha value is -2.89. The van der Waals surface area contributed by atoms with Gasteiger partial charge >= 0.3 is 5.97 Å². The summed E-state index contributed by atoms with van der Waals surface area (Å²) in [5.74, 6) is -0.585. The van der Waals surface area contributed by atoms with Crippen LogP contribution < -0.4 is 0 Å². The number of aromatic amines is 1. The highest BCUT2D eigenvalue weighted by Gasteiger charge is 2.22. The van der Waals surface area contributed by atoms with E-state index in [0.717, 1.165) is 27.9 Å². The SMILES string of the molecule is Cc1nn(C)c(C)c1CCC(=O)O[C@@H](C)C(=O)c1c[nH]c2ccccc12. The van der Waals surface area contributed by atoms with E-state index < -0.39 is 6.10 Å². The predicted octanol–water partition coefficient (Wildman–Crippen LogP) is 3.27. The third kappa shape index (κ3) is 3.40. The second-order valence-corrected chi connectivity index (χ2v) is 6.52. The number of carbonyl (C=O) groups excluding carboxylic acids is 2. The highest BCUT2D eigenvalue weighted by Crippen LogP contribution is 2.20. The molecular weight excluding hydrogens is 330 g/mol. The molecule has 0 radical (unpaired) electrons. The molecule has 1 aromatic carbocycles. The fourth-order valence-electron chi connectivity index (χ4n) is 3.21. The lowest BCUT2D eigenvalue weighted by atomic mass is 10.1. The van der Waals surface area contributed by atoms with Crippen LogP contribution in [0, 0.1) is 13.8 Å². The summed E-state index contributed by atoms with van der Waals surface area (Å²) in [6, 6.07) is 7.56. The molecule has 2 aromatic heterocycles. The standard InChI is InChI=1S/C20H23N3O3/c1-12-15(13(2)23(4)22-12)9-10-19(24)26-14(3)20(25)17-11-21-18-8-6-5-7-16(17)18/h5-8,11,14,21H,9-10H2,1-4H3/t14-/m0/s1. The van der Waals surface area contributed by atoms with E-state index in [1.54, 1.807) is 17.8 Å². The zero-order valence-corrected chi connectivity index (χ0v) is 15.5. The number of carbonyl (C=O) groups is 2. The zero-order valence-electron chi connectivity index (χ0n) is 15.5. The molecule has 0 aliphatic heterocycles. The molecule has 0 amide bonds. The van der Waals surface area contributed by atoms with Crippen LogP contribution in [0.2, 0.25) is 0 Å². The van der Waals surface area contributed by atoms with Crippen LogP contribution in [0.15, 0.2) is 30.5 Å².